The molecule has 0 atom stereocenters. The lowest BCUT2D eigenvalue weighted by Gasteiger charge is -2.15. The molecule has 38 heavy (non-hydrogen) atoms. The number of ketones is 1. The molecule has 0 radical (unpaired) electrons. The number of urea groups is 1. The molecule has 1 aliphatic rings. The number of halogens is 2. The summed E-state index contributed by atoms with van der Waals surface area (Å²) >= 11 is 1.28. The lowest BCUT2D eigenvalue weighted by atomic mass is 10.1. The Hall–Kier alpha value is -3.00. The van der Waals surface area contributed by atoms with Gasteiger partial charge in [0.2, 0.25) is 0 Å². The van der Waals surface area contributed by atoms with Gasteiger partial charge >= 0.3 is 6.03 Å². The van der Waals surface area contributed by atoms with E-state index in [9.17, 15) is 18.4 Å². The number of hydrogen-bond donors (Lipinski definition) is 1. The van der Waals surface area contributed by atoms with Crippen molar-refractivity contribution in [3.8, 4) is 5.75 Å². The molecule has 2 aromatic carbocycles. The summed E-state index contributed by atoms with van der Waals surface area (Å²) in [5, 5.41) is 3.35. The molecule has 0 unspecified atom stereocenters. The number of rotatable bonds is 7. The standard InChI is InChI=1S/C15H16N2O2S.C13H18F2O.C2H6.H2/c1-3-11-8-10(2)4-6-13(11)16-15(19)17-14-7-5-12(18)9-20-14;1-4-13(14,15)7-8-16-12-6-5-10(2)9-11(12)3;1-2;/h4-8H,3,9H2,1-2H3,(H,16,19);5-6,9H,4,7-8H2,1-3H3;1-2H3;1H/b17-14-;;;. The van der Waals surface area contributed by atoms with Crippen LogP contribution in [0.2, 0.25) is 0 Å². The third kappa shape index (κ3) is 12.0. The third-order valence-electron chi connectivity index (χ3n) is 5.44. The summed E-state index contributed by atoms with van der Waals surface area (Å²) in [4.78, 5) is 26.9. The van der Waals surface area contributed by atoms with Gasteiger partial charge in [0.05, 0.1) is 12.4 Å². The fraction of sp³-hybridized carbons (Fsp3) is 0.433. The van der Waals surface area contributed by atoms with Gasteiger partial charge in [0.1, 0.15) is 10.8 Å². The fourth-order valence-corrected chi connectivity index (χ4v) is 4.00. The predicted octanol–water partition coefficient (Wildman–Crippen LogP) is 8.75. The topological polar surface area (TPSA) is 67.8 Å². The lowest BCUT2D eigenvalue weighted by molar-refractivity contribution is -0.112. The first-order valence-electron chi connectivity index (χ1n) is 12.9. The van der Waals surface area contributed by atoms with Crippen LogP contribution in [0, 0.1) is 20.8 Å². The highest BCUT2D eigenvalue weighted by Crippen LogP contribution is 2.24. The van der Waals surface area contributed by atoms with Gasteiger partial charge in [-0.15, -0.1) is 0 Å². The molecule has 0 bridgehead atoms. The number of allylic oxidation sites excluding steroid dienone is 1. The smallest absolute Gasteiger partial charge is 0.346 e. The number of aryl methyl sites for hydroxylation is 4. The Labute approximate surface area is 231 Å². The minimum Gasteiger partial charge on any atom is -0.493 e. The number of alkyl halides is 2. The van der Waals surface area contributed by atoms with Crippen molar-refractivity contribution in [1.82, 2.24) is 0 Å². The molecule has 1 aliphatic heterocycles. The van der Waals surface area contributed by atoms with Crippen LogP contribution >= 0.6 is 11.8 Å². The maximum absolute atomic E-state index is 12.9. The Bertz CT molecular complexity index is 1140. The maximum Gasteiger partial charge on any atom is 0.346 e. The second-order valence-corrected chi connectivity index (χ2v) is 9.56. The van der Waals surface area contributed by atoms with Gasteiger partial charge in [-0.3, -0.25) is 4.79 Å². The molecule has 1 heterocycles. The summed E-state index contributed by atoms with van der Waals surface area (Å²) < 4.78 is 31.2. The molecular formula is C30H42F2N2O3S. The highest BCUT2D eigenvalue weighted by molar-refractivity contribution is 8.15. The molecule has 210 valence electrons. The number of carbonyl (C=O) groups is 2. The number of amides is 2. The largest absolute Gasteiger partial charge is 0.493 e. The van der Waals surface area contributed by atoms with Crippen LogP contribution < -0.4 is 10.1 Å². The molecular weight excluding hydrogens is 506 g/mol. The van der Waals surface area contributed by atoms with Crippen molar-refractivity contribution < 1.29 is 24.5 Å². The third-order valence-corrected chi connectivity index (χ3v) is 6.39. The van der Waals surface area contributed by atoms with E-state index in [0.717, 1.165) is 34.4 Å². The lowest BCUT2D eigenvalue weighted by Crippen LogP contribution is -2.18. The first-order valence-corrected chi connectivity index (χ1v) is 13.9. The second kappa shape index (κ2) is 16.8. The van der Waals surface area contributed by atoms with Crippen LogP contribution in [0.5, 0.6) is 5.75 Å². The quantitative estimate of drug-likeness (QED) is 0.376. The minimum atomic E-state index is -2.61. The number of nitrogens with zero attached hydrogens (tertiary/aromatic N) is 1. The fourth-order valence-electron chi connectivity index (χ4n) is 3.30. The van der Waals surface area contributed by atoms with E-state index in [0.29, 0.717) is 16.5 Å². The van der Waals surface area contributed by atoms with Gasteiger partial charge in [0.15, 0.2) is 5.78 Å². The molecule has 3 rings (SSSR count). The van der Waals surface area contributed by atoms with Crippen molar-refractivity contribution in [1.29, 1.82) is 0 Å². The van der Waals surface area contributed by atoms with Gasteiger partial charge < -0.3 is 10.1 Å². The minimum absolute atomic E-state index is 0. The van der Waals surface area contributed by atoms with Crippen LogP contribution in [0.1, 0.15) is 64.2 Å². The number of ether oxygens (including phenoxy) is 1. The number of thioether (sulfide) groups is 1. The zero-order valence-corrected chi connectivity index (χ0v) is 24.3. The molecule has 0 fully saturated rings. The Morgan fingerprint density at radius 2 is 1.74 bits per heavy atom. The predicted molar refractivity (Wildman–Crippen MR) is 158 cm³/mol. The summed E-state index contributed by atoms with van der Waals surface area (Å²) in [5.41, 5.74) is 5.16. The summed E-state index contributed by atoms with van der Waals surface area (Å²) in [7, 11) is 0. The van der Waals surface area contributed by atoms with E-state index < -0.39 is 12.0 Å². The Morgan fingerprint density at radius 3 is 2.32 bits per heavy atom. The van der Waals surface area contributed by atoms with E-state index >= 15 is 0 Å². The van der Waals surface area contributed by atoms with Crippen molar-refractivity contribution >= 4 is 34.3 Å². The van der Waals surface area contributed by atoms with Gasteiger partial charge in [0, 0.05) is 20.0 Å². The Kier molecular flexibility index (Phi) is 14.6. The van der Waals surface area contributed by atoms with Crippen molar-refractivity contribution in [2.45, 2.75) is 73.7 Å². The molecule has 1 N–H and O–H groups in total. The maximum atomic E-state index is 12.9. The molecule has 2 amide bonds. The highest BCUT2D eigenvalue weighted by atomic mass is 32.2. The summed E-state index contributed by atoms with van der Waals surface area (Å²) in [6.07, 6.45) is 3.51. The van der Waals surface area contributed by atoms with Crippen molar-refractivity contribution in [2.24, 2.45) is 4.99 Å². The Balaban J connectivity index is 0.000000695. The molecule has 0 saturated heterocycles. The average molecular weight is 549 g/mol. The van der Waals surface area contributed by atoms with E-state index in [1.54, 1.807) is 6.08 Å². The molecule has 5 nitrogen and oxygen atoms in total. The first kappa shape index (κ1) is 33.0. The van der Waals surface area contributed by atoms with Crippen LogP contribution in [0.15, 0.2) is 53.5 Å². The summed E-state index contributed by atoms with van der Waals surface area (Å²) in [6.45, 7) is 13.5. The summed E-state index contributed by atoms with van der Waals surface area (Å²) in [6, 6.07) is 11.2. The van der Waals surface area contributed by atoms with Crippen molar-refractivity contribution in [3.05, 3.63) is 70.8 Å². The van der Waals surface area contributed by atoms with Crippen molar-refractivity contribution in [2.75, 3.05) is 17.7 Å². The van der Waals surface area contributed by atoms with Gasteiger partial charge in [-0.2, -0.15) is 4.99 Å². The van der Waals surface area contributed by atoms with E-state index in [2.05, 4.69) is 16.4 Å². The number of hydrogen-bond acceptors (Lipinski definition) is 4. The van der Waals surface area contributed by atoms with Gasteiger partial charge in [0.25, 0.3) is 5.92 Å². The van der Waals surface area contributed by atoms with Crippen LogP contribution in [-0.4, -0.2) is 35.1 Å². The summed E-state index contributed by atoms with van der Waals surface area (Å²) in [5.74, 6) is -1.54. The van der Waals surface area contributed by atoms with Gasteiger partial charge in [-0.05, 0) is 62.6 Å². The van der Waals surface area contributed by atoms with E-state index in [1.165, 1.54) is 24.8 Å². The second-order valence-electron chi connectivity index (χ2n) is 8.56. The molecule has 0 aromatic heterocycles. The van der Waals surface area contributed by atoms with Crippen LogP contribution in [0.3, 0.4) is 0 Å². The normalized spacial score (nSPS) is 13.7. The number of anilines is 1. The van der Waals surface area contributed by atoms with Crippen molar-refractivity contribution in [3.63, 3.8) is 0 Å². The average Bonchev–Trinajstić information content (AvgIpc) is 2.89. The van der Waals surface area contributed by atoms with E-state index in [4.69, 9.17) is 4.74 Å². The van der Waals surface area contributed by atoms with Gasteiger partial charge in [-0.25, -0.2) is 13.6 Å². The zero-order valence-electron chi connectivity index (χ0n) is 23.5. The zero-order chi connectivity index (χ0) is 28.7. The molecule has 0 aliphatic carbocycles. The number of benzene rings is 2. The number of carbonyl (C=O) groups excluding carboxylic acids is 2. The number of aliphatic imine (C=N–C) groups is 1. The first-order chi connectivity index (χ1) is 18.0. The molecule has 8 heteroatoms. The van der Waals surface area contributed by atoms with E-state index in [1.807, 2.05) is 71.9 Å². The van der Waals surface area contributed by atoms with Crippen LogP contribution in [0.25, 0.3) is 0 Å². The van der Waals surface area contributed by atoms with E-state index in [-0.39, 0.29) is 26.7 Å². The van der Waals surface area contributed by atoms with Gasteiger partial charge in [-0.1, -0.05) is 74.8 Å². The number of nitrogens with one attached hydrogen (secondary N) is 1. The Morgan fingerprint density at radius 1 is 1.08 bits per heavy atom. The van der Waals surface area contributed by atoms with Crippen LogP contribution in [0.4, 0.5) is 19.3 Å². The monoisotopic (exact) mass is 548 g/mol. The SMILES string of the molecule is CC.CCC(F)(F)CCOc1ccc(C)cc1C.CCc1cc(C)ccc1NC(=O)/N=C1/C=CC(=O)CS1.[HH]. The molecule has 0 spiro atoms. The molecule has 0 saturated carbocycles. The molecule has 2 aromatic rings. The van der Waals surface area contributed by atoms with Crippen LogP contribution in [-0.2, 0) is 11.2 Å². The highest BCUT2D eigenvalue weighted by Gasteiger charge is 2.25.